The Balaban J connectivity index is 1.58. The quantitative estimate of drug-likeness (QED) is 0.743. The van der Waals surface area contributed by atoms with Gasteiger partial charge in [-0.15, -0.1) is 0 Å². The van der Waals surface area contributed by atoms with E-state index in [9.17, 15) is 4.79 Å². The van der Waals surface area contributed by atoms with Crippen LogP contribution in [0.4, 0.5) is 5.82 Å². The summed E-state index contributed by atoms with van der Waals surface area (Å²) in [6.07, 6.45) is 5.19. The Kier molecular flexibility index (Phi) is 5.48. The average molecular weight is 375 g/mol. The van der Waals surface area contributed by atoms with Crippen LogP contribution in [-0.2, 0) is 6.54 Å². The second-order valence-corrected chi connectivity index (χ2v) is 7.01. The summed E-state index contributed by atoms with van der Waals surface area (Å²) in [4.78, 5) is 26.4. The summed E-state index contributed by atoms with van der Waals surface area (Å²) >= 11 is 0. The average Bonchev–Trinajstić information content (AvgIpc) is 2.77. The van der Waals surface area contributed by atoms with Gasteiger partial charge in [-0.3, -0.25) is 9.78 Å². The normalized spacial score (nSPS) is 15.0. The minimum atomic E-state index is -0.116. The van der Waals surface area contributed by atoms with Crippen LogP contribution in [0.25, 0.3) is 10.8 Å². The predicted octanol–water partition coefficient (Wildman–Crippen LogP) is 2.70. The fraction of sp³-hybridized carbons (Fsp3) is 0.318. The van der Waals surface area contributed by atoms with Gasteiger partial charge >= 0.3 is 0 Å². The van der Waals surface area contributed by atoms with Gasteiger partial charge in [-0.25, -0.2) is 4.98 Å². The van der Waals surface area contributed by atoms with Crippen LogP contribution in [0.15, 0.2) is 55.0 Å². The third-order valence-electron chi connectivity index (χ3n) is 5.31. The summed E-state index contributed by atoms with van der Waals surface area (Å²) in [7, 11) is 0. The summed E-state index contributed by atoms with van der Waals surface area (Å²) in [6.45, 7) is 7.72. The topological polar surface area (TPSA) is 61.4 Å². The highest BCUT2D eigenvalue weighted by Crippen LogP contribution is 2.28. The highest BCUT2D eigenvalue weighted by Gasteiger charge is 2.20. The maximum absolute atomic E-state index is 12.8. The molecule has 6 heteroatoms. The van der Waals surface area contributed by atoms with Crippen LogP contribution in [-0.4, -0.2) is 53.5 Å². The summed E-state index contributed by atoms with van der Waals surface area (Å²) < 4.78 is 0. The molecule has 1 fully saturated rings. The maximum atomic E-state index is 12.8. The molecule has 1 N–H and O–H groups in total. The number of piperazine rings is 1. The van der Waals surface area contributed by atoms with E-state index in [2.05, 4.69) is 33.1 Å². The van der Waals surface area contributed by atoms with Crippen molar-refractivity contribution in [2.75, 3.05) is 37.6 Å². The van der Waals surface area contributed by atoms with Crippen molar-refractivity contribution in [3.8, 4) is 0 Å². The van der Waals surface area contributed by atoms with Crippen molar-refractivity contribution in [3.05, 3.63) is 66.1 Å². The highest BCUT2D eigenvalue weighted by molar-refractivity contribution is 6.09. The zero-order chi connectivity index (χ0) is 19.3. The summed E-state index contributed by atoms with van der Waals surface area (Å²) in [5.41, 5.74) is 1.58. The number of fused-ring (bicyclic) bond motifs is 1. The molecular formula is C22H25N5O. The van der Waals surface area contributed by atoms with Gasteiger partial charge in [0, 0.05) is 56.7 Å². The van der Waals surface area contributed by atoms with E-state index in [1.54, 1.807) is 18.6 Å². The van der Waals surface area contributed by atoms with Gasteiger partial charge in [-0.1, -0.05) is 37.3 Å². The van der Waals surface area contributed by atoms with Gasteiger partial charge in [-0.2, -0.15) is 0 Å². The lowest BCUT2D eigenvalue weighted by molar-refractivity contribution is 0.0952. The predicted molar refractivity (Wildman–Crippen MR) is 111 cm³/mol. The molecule has 0 radical (unpaired) electrons. The number of anilines is 1. The van der Waals surface area contributed by atoms with Gasteiger partial charge in [0.1, 0.15) is 5.82 Å². The molecule has 1 saturated heterocycles. The third-order valence-corrected chi connectivity index (χ3v) is 5.31. The number of carbonyl (C=O) groups excluding carboxylic acids is 1. The molecule has 2 aromatic heterocycles. The number of hydrogen-bond donors (Lipinski definition) is 1. The number of nitrogens with one attached hydrogen (secondary N) is 1. The van der Waals surface area contributed by atoms with E-state index in [1.165, 1.54) is 0 Å². The van der Waals surface area contributed by atoms with Crippen molar-refractivity contribution in [2.24, 2.45) is 0 Å². The van der Waals surface area contributed by atoms with Gasteiger partial charge < -0.3 is 15.1 Å². The molecule has 4 rings (SSSR count). The van der Waals surface area contributed by atoms with Crippen molar-refractivity contribution < 1.29 is 4.79 Å². The van der Waals surface area contributed by atoms with E-state index in [4.69, 9.17) is 4.98 Å². The molecule has 1 amide bonds. The van der Waals surface area contributed by atoms with Crippen molar-refractivity contribution in [1.82, 2.24) is 20.2 Å². The van der Waals surface area contributed by atoms with Gasteiger partial charge in [0.25, 0.3) is 5.91 Å². The molecule has 1 aliphatic rings. The molecule has 1 aromatic carbocycles. The van der Waals surface area contributed by atoms with E-state index in [1.807, 2.05) is 30.3 Å². The standard InChI is InChI=1S/C22H25N5O/c1-2-26-10-12-27(13-11-26)21-19-8-4-3-7-18(19)20(16-24-21)22(28)25-15-17-6-5-9-23-14-17/h3-9,14,16H,2,10-13,15H2,1H3,(H,25,28). The number of benzene rings is 1. The largest absolute Gasteiger partial charge is 0.354 e. The molecule has 3 aromatic rings. The van der Waals surface area contributed by atoms with Crippen molar-refractivity contribution in [2.45, 2.75) is 13.5 Å². The Morgan fingerprint density at radius 1 is 1.04 bits per heavy atom. The third kappa shape index (κ3) is 3.82. The molecule has 0 unspecified atom stereocenters. The summed E-state index contributed by atoms with van der Waals surface area (Å²) in [5.74, 6) is 0.852. The lowest BCUT2D eigenvalue weighted by Gasteiger charge is -2.35. The fourth-order valence-electron chi connectivity index (χ4n) is 3.67. The Hall–Kier alpha value is -2.99. The SMILES string of the molecule is CCN1CCN(c2ncc(C(=O)NCc3cccnc3)c3ccccc23)CC1. The van der Waals surface area contributed by atoms with Crippen molar-refractivity contribution in [3.63, 3.8) is 0 Å². The van der Waals surface area contributed by atoms with Crippen LogP contribution in [0.3, 0.4) is 0 Å². The smallest absolute Gasteiger partial charge is 0.253 e. The van der Waals surface area contributed by atoms with E-state index in [0.29, 0.717) is 12.1 Å². The zero-order valence-electron chi connectivity index (χ0n) is 16.1. The molecule has 3 heterocycles. The van der Waals surface area contributed by atoms with Crippen molar-refractivity contribution >= 4 is 22.5 Å². The number of rotatable bonds is 5. The van der Waals surface area contributed by atoms with E-state index in [0.717, 1.165) is 54.9 Å². The Morgan fingerprint density at radius 2 is 1.82 bits per heavy atom. The van der Waals surface area contributed by atoms with Crippen LogP contribution >= 0.6 is 0 Å². The second kappa shape index (κ2) is 8.35. The lowest BCUT2D eigenvalue weighted by Crippen LogP contribution is -2.46. The second-order valence-electron chi connectivity index (χ2n) is 7.01. The number of hydrogen-bond acceptors (Lipinski definition) is 5. The highest BCUT2D eigenvalue weighted by atomic mass is 16.1. The number of nitrogens with zero attached hydrogens (tertiary/aromatic N) is 4. The molecular weight excluding hydrogens is 350 g/mol. The minimum absolute atomic E-state index is 0.116. The molecule has 0 saturated carbocycles. The van der Waals surface area contributed by atoms with Crippen molar-refractivity contribution in [1.29, 1.82) is 0 Å². The lowest BCUT2D eigenvalue weighted by atomic mass is 10.1. The number of likely N-dealkylation sites (N-methyl/N-ethyl adjacent to an activating group) is 1. The summed E-state index contributed by atoms with van der Waals surface area (Å²) in [5, 5.41) is 4.95. The first-order chi connectivity index (χ1) is 13.8. The van der Waals surface area contributed by atoms with Gasteiger partial charge in [0.05, 0.1) is 5.56 Å². The first-order valence-corrected chi connectivity index (χ1v) is 9.78. The van der Waals surface area contributed by atoms with Gasteiger partial charge in [0.2, 0.25) is 0 Å². The van der Waals surface area contributed by atoms with Crippen LogP contribution in [0.1, 0.15) is 22.8 Å². The zero-order valence-corrected chi connectivity index (χ0v) is 16.1. The van der Waals surface area contributed by atoms with Crippen LogP contribution in [0, 0.1) is 0 Å². The Labute approximate surface area is 165 Å². The summed E-state index contributed by atoms with van der Waals surface area (Å²) in [6, 6.07) is 11.9. The minimum Gasteiger partial charge on any atom is -0.354 e. The molecule has 6 nitrogen and oxygen atoms in total. The molecule has 0 aliphatic carbocycles. The Morgan fingerprint density at radius 3 is 2.54 bits per heavy atom. The van der Waals surface area contributed by atoms with Crippen LogP contribution in [0.5, 0.6) is 0 Å². The molecule has 0 bridgehead atoms. The molecule has 0 spiro atoms. The fourth-order valence-corrected chi connectivity index (χ4v) is 3.67. The van der Waals surface area contributed by atoms with E-state index in [-0.39, 0.29) is 5.91 Å². The molecule has 0 atom stereocenters. The van der Waals surface area contributed by atoms with Gasteiger partial charge in [-0.05, 0) is 23.6 Å². The van der Waals surface area contributed by atoms with Gasteiger partial charge in [0.15, 0.2) is 0 Å². The van der Waals surface area contributed by atoms with E-state index >= 15 is 0 Å². The molecule has 28 heavy (non-hydrogen) atoms. The molecule has 144 valence electrons. The molecule has 1 aliphatic heterocycles. The number of pyridine rings is 2. The first kappa shape index (κ1) is 18.4. The first-order valence-electron chi connectivity index (χ1n) is 9.78. The number of aromatic nitrogens is 2. The van der Waals surface area contributed by atoms with Crippen LogP contribution in [0.2, 0.25) is 0 Å². The maximum Gasteiger partial charge on any atom is 0.253 e. The van der Waals surface area contributed by atoms with Crippen LogP contribution < -0.4 is 10.2 Å². The van der Waals surface area contributed by atoms with E-state index < -0.39 is 0 Å². The monoisotopic (exact) mass is 375 g/mol. The number of amides is 1. The number of carbonyl (C=O) groups is 1. The Bertz CT molecular complexity index is 952.